The van der Waals surface area contributed by atoms with E-state index in [1.807, 2.05) is 13.8 Å². The van der Waals surface area contributed by atoms with Crippen LogP contribution in [-0.4, -0.2) is 0 Å². The van der Waals surface area contributed by atoms with E-state index in [1.165, 1.54) is 24.8 Å². The fourth-order valence-corrected chi connectivity index (χ4v) is 2.10. The molecule has 0 heteroatoms. The summed E-state index contributed by atoms with van der Waals surface area (Å²) < 4.78 is 0. The first kappa shape index (κ1) is 11.3. The molecule has 1 unspecified atom stereocenters. The van der Waals surface area contributed by atoms with E-state index in [0.29, 0.717) is 0 Å². The van der Waals surface area contributed by atoms with Gasteiger partial charge in [-0.3, -0.25) is 0 Å². The molecule has 0 amide bonds. The van der Waals surface area contributed by atoms with E-state index in [-0.39, 0.29) is 0 Å². The van der Waals surface area contributed by atoms with Gasteiger partial charge in [-0.05, 0) is 41.9 Å². The molecule has 0 nitrogen and oxygen atoms in total. The molecule has 1 aliphatic carbocycles. The van der Waals surface area contributed by atoms with Crippen molar-refractivity contribution in [3.8, 4) is 0 Å². The molecule has 0 spiro atoms. The van der Waals surface area contributed by atoms with Crippen molar-refractivity contribution < 1.29 is 0 Å². The Bertz CT molecular complexity index is 286. The summed E-state index contributed by atoms with van der Waals surface area (Å²) in [6.07, 6.45) is 3.81. The number of hydrogen-bond donors (Lipinski definition) is 0. The fourth-order valence-electron chi connectivity index (χ4n) is 2.10. The lowest BCUT2D eigenvalue weighted by Gasteiger charge is -2.05. The summed E-state index contributed by atoms with van der Waals surface area (Å²) >= 11 is 0. The van der Waals surface area contributed by atoms with Gasteiger partial charge in [-0.2, -0.15) is 0 Å². The molecule has 0 bridgehead atoms. The summed E-state index contributed by atoms with van der Waals surface area (Å²) in [5.74, 6) is 0.797. The largest absolute Gasteiger partial charge is 0.0683 e. The minimum atomic E-state index is 0.797. The van der Waals surface area contributed by atoms with E-state index < -0.39 is 0 Å². The van der Waals surface area contributed by atoms with Crippen molar-refractivity contribution in [2.24, 2.45) is 0 Å². The normalized spacial score (nSPS) is 18.4. The van der Waals surface area contributed by atoms with Crippen LogP contribution in [0.5, 0.6) is 0 Å². The van der Waals surface area contributed by atoms with E-state index in [1.54, 1.807) is 11.1 Å². The van der Waals surface area contributed by atoms with Gasteiger partial charge in [-0.15, -0.1) is 0 Å². The van der Waals surface area contributed by atoms with E-state index in [4.69, 9.17) is 0 Å². The van der Waals surface area contributed by atoms with Crippen LogP contribution >= 0.6 is 0 Å². The summed E-state index contributed by atoms with van der Waals surface area (Å²) in [5, 5.41) is 0. The van der Waals surface area contributed by atoms with Crippen molar-refractivity contribution in [1.82, 2.24) is 0 Å². The first-order valence-corrected chi connectivity index (χ1v) is 5.93. The molecule has 78 valence electrons. The third kappa shape index (κ3) is 2.17. The lowest BCUT2D eigenvalue weighted by atomic mass is 10.0. The third-order valence-corrected chi connectivity index (χ3v) is 2.99. The second kappa shape index (κ2) is 5.19. The van der Waals surface area contributed by atoms with Gasteiger partial charge in [0, 0.05) is 0 Å². The molecule has 0 radical (unpaired) electrons. The van der Waals surface area contributed by atoms with Crippen LogP contribution in [-0.2, 0) is 12.8 Å². The predicted molar refractivity (Wildman–Crippen MR) is 63.9 cm³/mol. The second-order valence-corrected chi connectivity index (χ2v) is 3.83. The van der Waals surface area contributed by atoms with Gasteiger partial charge < -0.3 is 0 Å². The molecule has 0 heterocycles. The molecular weight excluding hydrogens is 168 g/mol. The maximum absolute atomic E-state index is 2.39. The zero-order chi connectivity index (χ0) is 10.6. The van der Waals surface area contributed by atoms with Crippen LogP contribution < -0.4 is 0 Å². The highest BCUT2D eigenvalue weighted by Gasteiger charge is 2.17. The summed E-state index contributed by atoms with van der Waals surface area (Å²) in [6.45, 7) is 8.55. The Morgan fingerprint density at radius 2 is 2.00 bits per heavy atom. The monoisotopic (exact) mass is 190 g/mol. The minimum absolute atomic E-state index is 0.797. The average Bonchev–Trinajstić information content (AvgIpc) is 2.63. The smallest absolute Gasteiger partial charge is 0.0184 e. The quantitative estimate of drug-likeness (QED) is 0.618. The molecule has 1 aliphatic rings. The number of benzene rings is 1. The van der Waals surface area contributed by atoms with Gasteiger partial charge in [0.05, 0.1) is 0 Å². The number of aryl methyl sites for hydroxylation is 2. The van der Waals surface area contributed by atoms with Gasteiger partial charge >= 0.3 is 0 Å². The molecule has 0 aromatic heterocycles. The molecule has 14 heavy (non-hydrogen) atoms. The van der Waals surface area contributed by atoms with Crippen molar-refractivity contribution >= 4 is 0 Å². The maximum Gasteiger partial charge on any atom is -0.0184 e. The van der Waals surface area contributed by atoms with E-state index in [9.17, 15) is 0 Å². The number of rotatable bonds is 1. The molecule has 1 aromatic carbocycles. The van der Waals surface area contributed by atoms with Gasteiger partial charge in [-0.25, -0.2) is 0 Å². The Balaban J connectivity index is 0.000000461. The third-order valence-electron chi connectivity index (χ3n) is 2.99. The first-order valence-electron chi connectivity index (χ1n) is 5.93. The highest BCUT2D eigenvalue weighted by molar-refractivity contribution is 5.37. The molecule has 1 aromatic rings. The molecule has 1 atom stereocenters. The minimum Gasteiger partial charge on any atom is -0.0683 e. The van der Waals surface area contributed by atoms with Crippen LogP contribution in [0.3, 0.4) is 0 Å². The Morgan fingerprint density at radius 1 is 1.29 bits per heavy atom. The zero-order valence-corrected chi connectivity index (χ0v) is 9.93. The van der Waals surface area contributed by atoms with Crippen molar-refractivity contribution in [2.45, 2.75) is 52.9 Å². The molecular formula is C14H22. The fraction of sp³-hybridized carbons (Fsp3) is 0.571. The topological polar surface area (TPSA) is 0 Å². The predicted octanol–water partition coefficient (Wildman–Crippen LogP) is 4.32. The highest BCUT2D eigenvalue weighted by atomic mass is 14.2. The summed E-state index contributed by atoms with van der Waals surface area (Å²) in [6, 6.07) is 6.99. The second-order valence-electron chi connectivity index (χ2n) is 3.83. The van der Waals surface area contributed by atoms with Crippen molar-refractivity contribution in [3.05, 3.63) is 34.9 Å². The SMILES string of the molecule is CC.CCc1ccc2c(c1)CCC2C. The lowest BCUT2D eigenvalue weighted by Crippen LogP contribution is -1.88. The van der Waals surface area contributed by atoms with Crippen molar-refractivity contribution in [3.63, 3.8) is 0 Å². The molecule has 0 N–H and O–H groups in total. The Labute approximate surface area is 88.4 Å². The Kier molecular flexibility index (Phi) is 4.19. The Morgan fingerprint density at radius 3 is 2.64 bits per heavy atom. The standard InChI is InChI=1S/C12H16.C2H6/c1-3-10-5-7-12-9(2)4-6-11(12)8-10;1-2/h5,7-9H,3-4,6H2,1-2H3;1-2H3. The van der Waals surface area contributed by atoms with Gasteiger partial charge in [-0.1, -0.05) is 45.9 Å². The van der Waals surface area contributed by atoms with Crippen molar-refractivity contribution in [1.29, 1.82) is 0 Å². The molecule has 0 aliphatic heterocycles. The summed E-state index contributed by atoms with van der Waals surface area (Å²) in [4.78, 5) is 0. The van der Waals surface area contributed by atoms with E-state index >= 15 is 0 Å². The highest BCUT2D eigenvalue weighted by Crippen LogP contribution is 2.32. The van der Waals surface area contributed by atoms with E-state index in [2.05, 4.69) is 32.0 Å². The van der Waals surface area contributed by atoms with Crippen molar-refractivity contribution in [2.75, 3.05) is 0 Å². The van der Waals surface area contributed by atoms with Gasteiger partial charge in [0.15, 0.2) is 0 Å². The maximum atomic E-state index is 2.39. The van der Waals surface area contributed by atoms with E-state index in [0.717, 1.165) is 5.92 Å². The van der Waals surface area contributed by atoms with Gasteiger partial charge in [0.2, 0.25) is 0 Å². The van der Waals surface area contributed by atoms with Crippen LogP contribution in [0.15, 0.2) is 18.2 Å². The van der Waals surface area contributed by atoms with Crippen LogP contribution in [0, 0.1) is 0 Å². The van der Waals surface area contributed by atoms with Gasteiger partial charge in [0.25, 0.3) is 0 Å². The van der Waals surface area contributed by atoms with Crippen LogP contribution in [0.4, 0.5) is 0 Å². The average molecular weight is 190 g/mol. The van der Waals surface area contributed by atoms with Crippen LogP contribution in [0.2, 0.25) is 0 Å². The van der Waals surface area contributed by atoms with Gasteiger partial charge in [0.1, 0.15) is 0 Å². The molecule has 0 saturated carbocycles. The molecule has 2 rings (SSSR count). The number of fused-ring (bicyclic) bond motifs is 1. The Hall–Kier alpha value is -0.780. The van der Waals surface area contributed by atoms with Crippen LogP contribution in [0.25, 0.3) is 0 Å². The molecule has 0 fully saturated rings. The first-order chi connectivity index (χ1) is 6.81. The summed E-state index contributed by atoms with van der Waals surface area (Å²) in [5.41, 5.74) is 4.68. The lowest BCUT2D eigenvalue weighted by molar-refractivity contribution is 0.747. The number of hydrogen-bond acceptors (Lipinski definition) is 0. The van der Waals surface area contributed by atoms with Crippen LogP contribution in [0.1, 0.15) is 56.7 Å². The zero-order valence-electron chi connectivity index (χ0n) is 9.93. The molecule has 0 saturated heterocycles. The summed E-state index contributed by atoms with van der Waals surface area (Å²) in [7, 11) is 0.